The van der Waals surface area contributed by atoms with Crippen LogP contribution in [0.1, 0.15) is 28.8 Å². The van der Waals surface area contributed by atoms with Gasteiger partial charge in [-0.05, 0) is 18.8 Å². The number of carbonyl (C=O) groups is 1. The smallest absolute Gasteiger partial charge is 0.213 e. The summed E-state index contributed by atoms with van der Waals surface area (Å²) < 4.78 is 0. The second kappa shape index (κ2) is 6.36. The Balaban J connectivity index is 1.68. The van der Waals surface area contributed by atoms with Crippen LogP contribution in [-0.4, -0.2) is 17.2 Å². The van der Waals surface area contributed by atoms with Gasteiger partial charge in [0.05, 0.1) is 0 Å². The highest BCUT2D eigenvalue weighted by Crippen LogP contribution is 2.40. The van der Waals surface area contributed by atoms with Crippen LogP contribution in [0.3, 0.4) is 0 Å². The molecule has 2 aliphatic rings. The highest BCUT2D eigenvalue weighted by Gasteiger charge is 2.38. The van der Waals surface area contributed by atoms with Crippen LogP contribution in [0.15, 0.2) is 83.0 Å². The van der Waals surface area contributed by atoms with Crippen LogP contribution in [0.25, 0.3) is 0 Å². The van der Waals surface area contributed by atoms with Crippen molar-refractivity contribution in [1.29, 1.82) is 0 Å². The molecule has 1 fully saturated rings. The predicted molar refractivity (Wildman–Crippen MR) is 96.5 cm³/mol. The third-order valence-corrected chi connectivity index (χ3v) is 4.74. The number of fused-ring (bicyclic) bond motifs is 1. The first kappa shape index (κ1) is 14.8. The molecule has 0 amide bonds. The number of Topliss-reactive ketones (excluding diaryl/α,β-unsaturated/α-hetero) is 1. The van der Waals surface area contributed by atoms with Crippen molar-refractivity contribution in [2.24, 2.45) is 22.0 Å². The van der Waals surface area contributed by atoms with E-state index in [9.17, 15) is 4.79 Å². The SMILES string of the molecule is O=C(/C(=N\N=C1\C[C@@H]2C=CC[C@@H]12)c1ccccc1)c1ccccc1. The second-order valence-electron chi connectivity index (χ2n) is 6.24. The first-order chi connectivity index (χ1) is 11.8. The van der Waals surface area contributed by atoms with E-state index in [1.54, 1.807) is 0 Å². The number of ketones is 1. The summed E-state index contributed by atoms with van der Waals surface area (Å²) in [4.78, 5) is 12.9. The molecule has 3 heteroatoms. The molecule has 2 atom stereocenters. The summed E-state index contributed by atoms with van der Waals surface area (Å²) in [6, 6.07) is 18.8. The summed E-state index contributed by atoms with van der Waals surface area (Å²) in [5.74, 6) is 1.04. The summed E-state index contributed by atoms with van der Waals surface area (Å²) in [5.41, 5.74) is 2.95. The van der Waals surface area contributed by atoms with Gasteiger partial charge in [-0.1, -0.05) is 72.8 Å². The second-order valence-corrected chi connectivity index (χ2v) is 6.24. The van der Waals surface area contributed by atoms with Gasteiger partial charge in [0.25, 0.3) is 0 Å². The zero-order chi connectivity index (χ0) is 16.4. The van der Waals surface area contributed by atoms with E-state index >= 15 is 0 Å². The molecular formula is C21H18N2O. The Labute approximate surface area is 141 Å². The highest BCUT2D eigenvalue weighted by atomic mass is 16.1. The molecule has 0 bridgehead atoms. The Morgan fingerprint density at radius 2 is 1.58 bits per heavy atom. The Kier molecular flexibility index (Phi) is 3.91. The van der Waals surface area contributed by atoms with Gasteiger partial charge in [0.2, 0.25) is 5.78 Å². The molecule has 0 aromatic heterocycles. The summed E-state index contributed by atoms with van der Waals surface area (Å²) in [6.45, 7) is 0. The average Bonchev–Trinajstić information content (AvgIpc) is 3.00. The van der Waals surface area contributed by atoms with Crippen LogP contribution in [0.2, 0.25) is 0 Å². The van der Waals surface area contributed by atoms with Gasteiger partial charge in [-0.3, -0.25) is 4.79 Å². The third kappa shape index (κ3) is 2.73. The fourth-order valence-corrected chi connectivity index (χ4v) is 3.32. The van der Waals surface area contributed by atoms with Crippen LogP contribution in [-0.2, 0) is 0 Å². The lowest BCUT2D eigenvalue weighted by atomic mass is 9.74. The zero-order valence-corrected chi connectivity index (χ0v) is 13.3. The minimum atomic E-state index is -0.0911. The highest BCUT2D eigenvalue weighted by molar-refractivity contribution is 6.51. The Bertz CT molecular complexity index is 835. The molecular weight excluding hydrogens is 296 g/mol. The molecule has 2 aliphatic carbocycles. The summed E-state index contributed by atoms with van der Waals surface area (Å²) in [6.07, 6.45) is 6.49. The van der Waals surface area contributed by atoms with Crippen LogP contribution < -0.4 is 0 Å². The van der Waals surface area contributed by atoms with Gasteiger partial charge in [0.1, 0.15) is 5.71 Å². The number of rotatable bonds is 4. The quantitative estimate of drug-likeness (QED) is 0.359. The predicted octanol–water partition coefficient (Wildman–Crippen LogP) is 4.31. The first-order valence-corrected chi connectivity index (χ1v) is 8.29. The van der Waals surface area contributed by atoms with Crippen LogP contribution in [0, 0.1) is 11.8 Å². The van der Waals surface area contributed by atoms with E-state index in [2.05, 4.69) is 22.4 Å². The van der Waals surface area contributed by atoms with Gasteiger partial charge >= 0.3 is 0 Å². The molecule has 0 unspecified atom stereocenters. The monoisotopic (exact) mass is 314 g/mol. The van der Waals surface area contributed by atoms with E-state index < -0.39 is 0 Å². The average molecular weight is 314 g/mol. The van der Waals surface area contributed by atoms with Gasteiger partial charge in [0.15, 0.2) is 0 Å². The summed E-state index contributed by atoms with van der Waals surface area (Å²) in [5, 5.41) is 8.82. The van der Waals surface area contributed by atoms with Crippen molar-refractivity contribution in [2.45, 2.75) is 12.8 Å². The molecule has 0 radical (unpaired) electrons. The first-order valence-electron chi connectivity index (χ1n) is 8.29. The maximum atomic E-state index is 12.9. The molecule has 4 rings (SSSR count). The molecule has 24 heavy (non-hydrogen) atoms. The van der Waals surface area contributed by atoms with Gasteiger partial charge in [-0.25, -0.2) is 0 Å². The largest absolute Gasteiger partial charge is 0.287 e. The maximum Gasteiger partial charge on any atom is 0.213 e. The molecule has 2 aromatic rings. The van der Waals surface area contributed by atoms with Crippen molar-refractivity contribution in [3.05, 3.63) is 83.9 Å². The Morgan fingerprint density at radius 3 is 2.25 bits per heavy atom. The van der Waals surface area contributed by atoms with Crippen molar-refractivity contribution in [2.75, 3.05) is 0 Å². The molecule has 0 aliphatic heterocycles. The number of hydrogen-bond donors (Lipinski definition) is 0. The summed E-state index contributed by atoms with van der Waals surface area (Å²) in [7, 11) is 0. The molecule has 0 heterocycles. The van der Waals surface area contributed by atoms with Crippen molar-refractivity contribution >= 4 is 17.2 Å². The third-order valence-electron chi connectivity index (χ3n) is 4.74. The number of benzene rings is 2. The molecule has 2 aromatic carbocycles. The lowest BCUT2D eigenvalue weighted by Crippen LogP contribution is -2.33. The maximum absolute atomic E-state index is 12.9. The van der Waals surface area contributed by atoms with Gasteiger partial charge < -0.3 is 0 Å². The van der Waals surface area contributed by atoms with E-state index in [-0.39, 0.29) is 5.78 Å². The number of nitrogens with zero attached hydrogens (tertiary/aromatic N) is 2. The van der Waals surface area contributed by atoms with Crippen LogP contribution in [0.4, 0.5) is 0 Å². The molecule has 0 spiro atoms. The molecule has 0 N–H and O–H groups in total. The molecule has 118 valence electrons. The molecule has 3 nitrogen and oxygen atoms in total. The van der Waals surface area contributed by atoms with Crippen LogP contribution in [0.5, 0.6) is 0 Å². The number of allylic oxidation sites excluding steroid dienone is 2. The number of carbonyl (C=O) groups excluding carboxylic acids is 1. The molecule has 0 saturated heterocycles. The number of hydrogen-bond acceptors (Lipinski definition) is 3. The minimum Gasteiger partial charge on any atom is -0.287 e. The Hall–Kier alpha value is -2.81. The van der Waals surface area contributed by atoms with Crippen molar-refractivity contribution in [3.63, 3.8) is 0 Å². The lowest BCUT2D eigenvalue weighted by molar-refractivity contribution is 0.106. The van der Waals surface area contributed by atoms with E-state index in [0.29, 0.717) is 23.1 Å². The fourth-order valence-electron chi connectivity index (χ4n) is 3.32. The van der Waals surface area contributed by atoms with Crippen molar-refractivity contribution < 1.29 is 4.79 Å². The topological polar surface area (TPSA) is 41.8 Å². The molecule has 1 saturated carbocycles. The van der Waals surface area contributed by atoms with E-state index in [1.165, 1.54) is 0 Å². The lowest BCUT2D eigenvalue weighted by Gasteiger charge is -2.31. The van der Waals surface area contributed by atoms with Gasteiger partial charge in [-0.15, -0.1) is 5.10 Å². The zero-order valence-electron chi connectivity index (χ0n) is 13.3. The standard InChI is InChI=1S/C21H18N2O/c24-21(16-10-5-2-6-11-16)20(15-8-3-1-4-9-15)23-22-19-14-17-12-7-13-18(17)19/h1-12,17-18H,13-14H2/b22-19-,23-20-/t17-,18+/m0/s1. The fraction of sp³-hybridized carbons (Fsp3) is 0.190. The summed E-state index contributed by atoms with van der Waals surface area (Å²) >= 11 is 0. The minimum absolute atomic E-state index is 0.0911. The van der Waals surface area contributed by atoms with E-state index in [0.717, 1.165) is 24.1 Å². The van der Waals surface area contributed by atoms with Crippen molar-refractivity contribution in [1.82, 2.24) is 0 Å². The van der Waals surface area contributed by atoms with Gasteiger partial charge in [0, 0.05) is 22.8 Å². The van der Waals surface area contributed by atoms with E-state index in [4.69, 9.17) is 0 Å². The van der Waals surface area contributed by atoms with Gasteiger partial charge in [-0.2, -0.15) is 5.10 Å². The normalized spacial score (nSPS) is 23.8. The van der Waals surface area contributed by atoms with E-state index in [1.807, 2.05) is 60.7 Å². The van der Waals surface area contributed by atoms with Crippen molar-refractivity contribution in [3.8, 4) is 0 Å². The van der Waals surface area contributed by atoms with Crippen LogP contribution >= 0.6 is 0 Å². The Morgan fingerprint density at radius 1 is 0.917 bits per heavy atom.